The zero-order valence-corrected chi connectivity index (χ0v) is 20.2. The van der Waals surface area contributed by atoms with Crippen LogP contribution in [0.15, 0.2) is 117 Å². The van der Waals surface area contributed by atoms with Crippen molar-refractivity contribution in [3.05, 3.63) is 129 Å². The number of nitro groups is 1. The quantitative estimate of drug-likeness (QED) is 0.125. The molecule has 37 heavy (non-hydrogen) atoms. The lowest BCUT2D eigenvalue weighted by Crippen LogP contribution is -2.28. The molecule has 182 valence electrons. The summed E-state index contributed by atoms with van der Waals surface area (Å²) in [5.41, 5.74) is 3.59. The number of nitro benzene ring substituents is 1. The molecular weight excluding hydrogens is 488 g/mol. The fourth-order valence-corrected chi connectivity index (χ4v) is 4.63. The highest BCUT2D eigenvalue weighted by molar-refractivity contribution is 8.18. The summed E-state index contributed by atoms with van der Waals surface area (Å²) >= 11 is 1.15. The summed E-state index contributed by atoms with van der Waals surface area (Å²) < 4.78 is 5.42. The Morgan fingerprint density at radius 2 is 1.70 bits per heavy atom. The maximum absolute atomic E-state index is 13.2. The molecule has 1 aliphatic rings. The van der Waals surface area contributed by atoms with Crippen LogP contribution in [0.25, 0.3) is 17.2 Å². The average molecular weight is 509 g/mol. The van der Waals surface area contributed by atoms with E-state index in [-0.39, 0.29) is 18.1 Å². The molecule has 1 saturated heterocycles. The van der Waals surface area contributed by atoms with Gasteiger partial charge in [-0.15, -0.1) is 5.10 Å². The van der Waals surface area contributed by atoms with Gasteiger partial charge in [0.1, 0.15) is 5.76 Å². The molecule has 0 unspecified atom stereocenters. The highest BCUT2D eigenvalue weighted by Crippen LogP contribution is 2.34. The number of amidine groups is 1. The number of rotatable bonds is 7. The van der Waals surface area contributed by atoms with Gasteiger partial charge in [0, 0.05) is 12.1 Å². The van der Waals surface area contributed by atoms with Gasteiger partial charge in [0.05, 0.1) is 28.9 Å². The largest absolute Gasteiger partial charge is 0.467 e. The molecule has 0 radical (unpaired) electrons. The van der Waals surface area contributed by atoms with Gasteiger partial charge < -0.3 is 4.42 Å². The summed E-state index contributed by atoms with van der Waals surface area (Å²) in [6.07, 6.45) is 4.78. The minimum atomic E-state index is -0.469. The van der Waals surface area contributed by atoms with Crippen molar-refractivity contribution >= 4 is 40.8 Å². The van der Waals surface area contributed by atoms with Crippen LogP contribution in [0.4, 0.5) is 5.69 Å². The first-order valence-corrected chi connectivity index (χ1v) is 12.1. The molecule has 0 saturated carbocycles. The minimum absolute atomic E-state index is 0.0472. The van der Waals surface area contributed by atoms with Gasteiger partial charge in [-0.25, -0.2) is 0 Å². The number of carbonyl (C=O) groups is 1. The van der Waals surface area contributed by atoms with Crippen molar-refractivity contribution in [3.63, 3.8) is 0 Å². The molecule has 1 aliphatic heterocycles. The van der Waals surface area contributed by atoms with Crippen LogP contribution in [0, 0.1) is 10.1 Å². The van der Waals surface area contributed by atoms with Crippen molar-refractivity contribution in [1.82, 2.24) is 4.90 Å². The van der Waals surface area contributed by atoms with Gasteiger partial charge in [-0.1, -0.05) is 66.7 Å². The maximum atomic E-state index is 13.2. The normalized spacial score (nSPS) is 15.8. The van der Waals surface area contributed by atoms with Crippen LogP contribution >= 0.6 is 11.8 Å². The van der Waals surface area contributed by atoms with E-state index in [0.717, 1.165) is 28.5 Å². The van der Waals surface area contributed by atoms with E-state index in [1.165, 1.54) is 23.3 Å². The smallest absolute Gasteiger partial charge is 0.270 e. The molecule has 1 amide bonds. The van der Waals surface area contributed by atoms with Gasteiger partial charge in [-0.2, -0.15) is 5.10 Å². The molecule has 0 N–H and O–H groups in total. The second kappa shape index (κ2) is 10.9. The van der Waals surface area contributed by atoms with Gasteiger partial charge in [0.25, 0.3) is 11.6 Å². The summed E-state index contributed by atoms with van der Waals surface area (Å²) in [4.78, 5) is 25.7. The van der Waals surface area contributed by atoms with Crippen LogP contribution < -0.4 is 0 Å². The van der Waals surface area contributed by atoms with Crippen LogP contribution in [-0.4, -0.2) is 27.1 Å². The Morgan fingerprint density at radius 1 is 0.919 bits per heavy atom. The summed E-state index contributed by atoms with van der Waals surface area (Å²) in [5.74, 6) is 0.313. The number of amides is 1. The first-order valence-electron chi connectivity index (χ1n) is 11.3. The maximum Gasteiger partial charge on any atom is 0.270 e. The molecule has 1 aromatic heterocycles. The zero-order chi connectivity index (χ0) is 25.6. The van der Waals surface area contributed by atoms with Crippen LogP contribution in [-0.2, 0) is 11.3 Å². The Labute approximate surface area is 216 Å². The summed E-state index contributed by atoms with van der Waals surface area (Å²) in [6.45, 7) is 0.186. The molecular formula is C28H20N4O4S. The van der Waals surface area contributed by atoms with Gasteiger partial charge in [0.2, 0.25) is 0 Å². The standard InChI is InChI=1S/C28H20N4O4S/c33-27-26(17-21-6-4-9-24(16-21)32(34)35)37-28(31(27)19-25-10-5-15-36-25)30-29-18-20-11-13-23(14-12-20)22-7-2-1-3-8-22/h1-18H,19H2/b26-17-,29-18-,30-28+. The Bertz CT molecular complexity index is 1510. The third-order valence-corrected chi connectivity index (χ3v) is 6.53. The molecule has 3 aromatic carbocycles. The van der Waals surface area contributed by atoms with Gasteiger partial charge in [0.15, 0.2) is 5.17 Å². The number of carbonyl (C=O) groups excluding carboxylic acids is 1. The van der Waals surface area contributed by atoms with Crippen molar-refractivity contribution in [2.45, 2.75) is 6.54 Å². The van der Waals surface area contributed by atoms with Crippen molar-refractivity contribution < 1.29 is 14.1 Å². The van der Waals surface area contributed by atoms with E-state index in [1.807, 2.05) is 42.5 Å². The van der Waals surface area contributed by atoms with Crippen LogP contribution in [0.3, 0.4) is 0 Å². The Balaban J connectivity index is 1.39. The molecule has 0 bridgehead atoms. The third kappa shape index (κ3) is 5.74. The fourth-order valence-electron chi connectivity index (χ4n) is 3.70. The molecule has 0 aliphatic carbocycles. The van der Waals surface area contributed by atoms with Crippen LogP contribution in [0.2, 0.25) is 0 Å². The lowest BCUT2D eigenvalue weighted by atomic mass is 10.0. The molecule has 0 atom stereocenters. The number of furan rings is 1. The van der Waals surface area contributed by atoms with E-state index in [9.17, 15) is 14.9 Å². The van der Waals surface area contributed by atoms with Crippen LogP contribution in [0.5, 0.6) is 0 Å². The molecule has 5 rings (SSSR count). The SMILES string of the molecule is O=C1/C(=C/c2cccc([N+](=O)[O-])c2)S/C(=N/N=C\c2ccc(-c3ccccc3)cc2)N1Cc1ccco1. The highest BCUT2D eigenvalue weighted by atomic mass is 32.2. The number of thioether (sulfide) groups is 1. The Hall–Kier alpha value is -4.76. The molecule has 4 aromatic rings. The summed E-state index contributed by atoms with van der Waals surface area (Å²) in [7, 11) is 0. The average Bonchev–Trinajstić information content (AvgIpc) is 3.54. The Kier molecular flexibility index (Phi) is 7.05. The second-order valence-electron chi connectivity index (χ2n) is 8.05. The highest BCUT2D eigenvalue weighted by Gasteiger charge is 2.34. The number of nitrogens with zero attached hydrogens (tertiary/aromatic N) is 4. The predicted molar refractivity (Wildman–Crippen MR) is 145 cm³/mol. The van der Waals surface area contributed by atoms with E-state index in [0.29, 0.717) is 21.4 Å². The number of hydrogen-bond donors (Lipinski definition) is 0. The van der Waals surface area contributed by atoms with Crippen LogP contribution in [0.1, 0.15) is 16.9 Å². The van der Waals surface area contributed by atoms with Gasteiger partial charge in [-0.05, 0) is 52.2 Å². The first-order chi connectivity index (χ1) is 18.1. The second-order valence-corrected chi connectivity index (χ2v) is 9.06. The van der Waals surface area contributed by atoms with Gasteiger partial charge >= 0.3 is 0 Å². The summed E-state index contributed by atoms with van der Waals surface area (Å²) in [5, 5.41) is 20.0. The molecule has 2 heterocycles. The predicted octanol–water partition coefficient (Wildman–Crippen LogP) is 6.36. The lowest BCUT2D eigenvalue weighted by molar-refractivity contribution is -0.384. The van der Waals surface area contributed by atoms with Crippen molar-refractivity contribution in [2.24, 2.45) is 10.2 Å². The topological polar surface area (TPSA) is 101 Å². The Morgan fingerprint density at radius 3 is 2.43 bits per heavy atom. The fraction of sp³-hybridized carbons (Fsp3) is 0.0357. The first kappa shape index (κ1) is 24.0. The van der Waals surface area contributed by atoms with E-state index < -0.39 is 4.92 Å². The number of hydrogen-bond acceptors (Lipinski definition) is 7. The molecule has 8 nitrogen and oxygen atoms in total. The van der Waals surface area contributed by atoms with Crippen molar-refractivity contribution in [3.8, 4) is 11.1 Å². The van der Waals surface area contributed by atoms with Crippen molar-refractivity contribution in [2.75, 3.05) is 0 Å². The number of benzene rings is 3. The zero-order valence-electron chi connectivity index (χ0n) is 19.4. The third-order valence-electron chi connectivity index (χ3n) is 5.53. The van der Waals surface area contributed by atoms with Crippen molar-refractivity contribution in [1.29, 1.82) is 0 Å². The number of non-ortho nitro benzene ring substituents is 1. The minimum Gasteiger partial charge on any atom is -0.467 e. The van der Waals surface area contributed by atoms with Gasteiger partial charge in [-0.3, -0.25) is 19.8 Å². The van der Waals surface area contributed by atoms with E-state index in [4.69, 9.17) is 4.42 Å². The van der Waals surface area contributed by atoms with E-state index in [2.05, 4.69) is 22.3 Å². The molecule has 0 spiro atoms. The summed E-state index contributed by atoms with van der Waals surface area (Å²) in [6, 6.07) is 27.6. The van der Waals surface area contributed by atoms with E-state index >= 15 is 0 Å². The monoisotopic (exact) mass is 508 g/mol. The molecule has 9 heteroatoms. The molecule has 1 fully saturated rings. The van der Waals surface area contributed by atoms with E-state index in [1.54, 1.807) is 36.6 Å². The lowest BCUT2D eigenvalue weighted by Gasteiger charge is -2.12.